The van der Waals surface area contributed by atoms with Crippen molar-refractivity contribution in [3.05, 3.63) is 137 Å². The molecule has 1 atom stereocenters. The van der Waals surface area contributed by atoms with Crippen molar-refractivity contribution in [1.82, 2.24) is 19.7 Å². The van der Waals surface area contributed by atoms with Gasteiger partial charge in [0.1, 0.15) is 12.4 Å². The molecule has 1 unspecified atom stereocenters. The second-order valence-electron chi connectivity index (χ2n) is 11.9. The molecule has 1 aliphatic rings. The molecule has 0 spiro atoms. The highest BCUT2D eigenvalue weighted by Gasteiger charge is 2.32. The van der Waals surface area contributed by atoms with Gasteiger partial charge >= 0.3 is 0 Å². The van der Waals surface area contributed by atoms with Crippen LogP contribution in [0.15, 0.2) is 97.5 Å². The molecule has 7 heteroatoms. The third-order valence-electron chi connectivity index (χ3n) is 8.24. The van der Waals surface area contributed by atoms with Crippen LogP contribution in [0.4, 0.5) is 5.69 Å². The van der Waals surface area contributed by atoms with Gasteiger partial charge in [-0.2, -0.15) is 5.10 Å². The molecule has 1 aliphatic carbocycles. The van der Waals surface area contributed by atoms with E-state index in [1.54, 1.807) is 0 Å². The lowest BCUT2D eigenvalue weighted by Gasteiger charge is -2.31. The lowest BCUT2D eigenvalue weighted by atomic mass is 9.81. The smallest absolute Gasteiger partial charge is 0.234 e. The van der Waals surface area contributed by atoms with Crippen LogP contribution < -0.4 is 9.64 Å². The fourth-order valence-corrected chi connectivity index (χ4v) is 5.94. The van der Waals surface area contributed by atoms with Crippen molar-refractivity contribution in [3.8, 4) is 5.75 Å². The fourth-order valence-electron chi connectivity index (χ4n) is 5.94. The van der Waals surface area contributed by atoms with E-state index < -0.39 is 0 Å². The highest BCUT2D eigenvalue weighted by Crippen LogP contribution is 2.39. The second kappa shape index (κ2) is 13.2. The standard InChI is InChI=1S/C37H39N5O2/c1-26(2)35-19-18-31(21-38-35)42(23-29-20-39-41(22-29)24-30-13-7-10-27(3)40-30)37(43)34-16-8-15-33-32(34)14-9-17-36(33)44-25-28-11-5-4-6-12-28/h4-7,9-14,17-22,26,34H,8,15-16,23-25H2,1-3H3. The maximum atomic E-state index is 14.5. The number of carbonyl (C=O) groups excluding carboxylic acids is 1. The summed E-state index contributed by atoms with van der Waals surface area (Å²) in [7, 11) is 0. The van der Waals surface area contributed by atoms with Crippen LogP contribution in [0.25, 0.3) is 0 Å². The van der Waals surface area contributed by atoms with E-state index in [0.717, 1.165) is 70.0 Å². The van der Waals surface area contributed by atoms with Gasteiger partial charge in [0.15, 0.2) is 0 Å². The molecule has 0 saturated carbocycles. The minimum absolute atomic E-state index is 0.0679. The zero-order valence-electron chi connectivity index (χ0n) is 25.7. The summed E-state index contributed by atoms with van der Waals surface area (Å²) in [6.07, 6.45) is 8.29. The molecule has 7 nitrogen and oxygen atoms in total. The molecule has 2 aromatic carbocycles. The largest absolute Gasteiger partial charge is 0.489 e. The number of hydrogen-bond acceptors (Lipinski definition) is 5. The number of ether oxygens (including phenoxy) is 1. The zero-order valence-corrected chi connectivity index (χ0v) is 25.7. The van der Waals surface area contributed by atoms with Crippen molar-refractivity contribution in [3.63, 3.8) is 0 Å². The molecule has 6 rings (SSSR count). The van der Waals surface area contributed by atoms with E-state index in [2.05, 4.69) is 42.1 Å². The van der Waals surface area contributed by atoms with E-state index in [1.807, 2.05) is 95.8 Å². The molecule has 3 aromatic heterocycles. The van der Waals surface area contributed by atoms with Gasteiger partial charge in [0.05, 0.1) is 42.8 Å². The van der Waals surface area contributed by atoms with Gasteiger partial charge in [-0.05, 0) is 79.1 Å². The normalized spacial score (nSPS) is 14.3. The maximum absolute atomic E-state index is 14.5. The van der Waals surface area contributed by atoms with Crippen LogP contribution >= 0.6 is 0 Å². The van der Waals surface area contributed by atoms with Gasteiger partial charge in [0, 0.05) is 23.1 Å². The Bertz CT molecular complexity index is 1710. The number of rotatable bonds is 10. The number of fused-ring (bicyclic) bond motifs is 1. The first kappa shape index (κ1) is 29.3. The van der Waals surface area contributed by atoms with Gasteiger partial charge in [-0.1, -0.05) is 62.4 Å². The predicted molar refractivity (Wildman–Crippen MR) is 173 cm³/mol. The number of anilines is 1. The monoisotopic (exact) mass is 585 g/mol. The molecule has 0 radical (unpaired) electrons. The minimum Gasteiger partial charge on any atom is -0.489 e. The first-order chi connectivity index (χ1) is 21.4. The van der Waals surface area contributed by atoms with Crippen LogP contribution in [0, 0.1) is 6.92 Å². The summed E-state index contributed by atoms with van der Waals surface area (Å²) in [5, 5.41) is 4.60. The number of aromatic nitrogens is 4. The molecule has 1 amide bonds. The zero-order chi connectivity index (χ0) is 30.5. The first-order valence-corrected chi connectivity index (χ1v) is 15.4. The number of carbonyl (C=O) groups is 1. The van der Waals surface area contributed by atoms with Crippen LogP contribution in [-0.4, -0.2) is 25.7 Å². The Kier molecular flexibility index (Phi) is 8.82. The Hall–Kier alpha value is -4.78. The molecule has 0 N–H and O–H groups in total. The van der Waals surface area contributed by atoms with Crippen LogP contribution in [0.2, 0.25) is 0 Å². The van der Waals surface area contributed by atoms with Gasteiger partial charge in [0.2, 0.25) is 5.91 Å². The maximum Gasteiger partial charge on any atom is 0.234 e. The van der Waals surface area contributed by atoms with E-state index in [4.69, 9.17) is 9.72 Å². The molecule has 44 heavy (non-hydrogen) atoms. The SMILES string of the molecule is Cc1cccc(Cn2cc(CN(C(=O)C3CCCc4c(OCc5ccccc5)cccc43)c3ccc(C(C)C)nc3)cn2)n1. The summed E-state index contributed by atoms with van der Waals surface area (Å²) in [5.74, 6) is 0.972. The van der Waals surface area contributed by atoms with Crippen LogP contribution in [-0.2, 0) is 30.9 Å². The molecule has 3 heterocycles. The molecule has 0 fully saturated rings. The van der Waals surface area contributed by atoms with E-state index in [1.165, 1.54) is 0 Å². The summed E-state index contributed by atoms with van der Waals surface area (Å²) < 4.78 is 8.18. The molecule has 5 aromatic rings. The van der Waals surface area contributed by atoms with Crippen molar-refractivity contribution >= 4 is 11.6 Å². The molecule has 0 saturated heterocycles. The van der Waals surface area contributed by atoms with Gasteiger partial charge in [0.25, 0.3) is 0 Å². The number of benzene rings is 2. The Labute approximate surface area is 259 Å². The van der Waals surface area contributed by atoms with Crippen molar-refractivity contribution in [2.24, 2.45) is 0 Å². The Morgan fingerprint density at radius 3 is 2.59 bits per heavy atom. The third-order valence-corrected chi connectivity index (χ3v) is 8.24. The third kappa shape index (κ3) is 6.72. The lowest BCUT2D eigenvalue weighted by Crippen LogP contribution is -2.36. The Balaban J connectivity index is 1.27. The fraction of sp³-hybridized carbons (Fsp3) is 0.297. The summed E-state index contributed by atoms with van der Waals surface area (Å²) in [6.45, 7) is 7.71. The number of amides is 1. The van der Waals surface area contributed by atoms with Crippen molar-refractivity contribution in [2.45, 2.75) is 71.6 Å². The first-order valence-electron chi connectivity index (χ1n) is 15.4. The average Bonchev–Trinajstić information content (AvgIpc) is 3.49. The average molecular weight is 586 g/mol. The van der Waals surface area contributed by atoms with Crippen molar-refractivity contribution < 1.29 is 9.53 Å². The quantitative estimate of drug-likeness (QED) is 0.171. The molecule has 0 bridgehead atoms. The summed E-state index contributed by atoms with van der Waals surface area (Å²) >= 11 is 0. The van der Waals surface area contributed by atoms with E-state index in [-0.39, 0.29) is 11.8 Å². The molecular weight excluding hydrogens is 546 g/mol. The van der Waals surface area contributed by atoms with Gasteiger partial charge in [-0.15, -0.1) is 0 Å². The lowest BCUT2D eigenvalue weighted by molar-refractivity contribution is -0.120. The molecule has 0 aliphatic heterocycles. The number of pyridine rings is 2. The highest BCUT2D eigenvalue weighted by atomic mass is 16.5. The van der Waals surface area contributed by atoms with Gasteiger partial charge in [-0.25, -0.2) is 0 Å². The summed E-state index contributed by atoms with van der Waals surface area (Å²) in [6, 6.07) is 26.4. The van der Waals surface area contributed by atoms with Crippen LogP contribution in [0.3, 0.4) is 0 Å². The predicted octanol–water partition coefficient (Wildman–Crippen LogP) is 7.39. The Morgan fingerprint density at radius 2 is 1.82 bits per heavy atom. The minimum atomic E-state index is -0.268. The molecular formula is C37H39N5O2. The number of nitrogens with zero attached hydrogens (tertiary/aromatic N) is 5. The van der Waals surface area contributed by atoms with E-state index >= 15 is 0 Å². The number of aryl methyl sites for hydroxylation is 1. The van der Waals surface area contributed by atoms with Crippen molar-refractivity contribution in [2.75, 3.05) is 4.90 Å². The van der Waals surface area contributed by atoms with Gasteiger partial charge in [-0.3, -0.25) is 19.4 Å². The van der Waals surface area contributed by atoms with Gasteiger partial charge < -0.3 is 9.64 Å². The van der Waals surface area contributed by atoms with Crippen LogP contribution in [0.5, 0.6) is 5.75 Å². The number of hydrogen-bond donors (Lipinski definition) is 0. The van der Waals surface area contributed by atoms with Crippen molar-refractivity contribution in [1.29, 1.82) is 0 Å². The molecule has 224 valence electrons. The summed E-state index contributed by atoms with van der Waals surface area (Å²) in [4.78, 5) is 25.7. The van der Waals surface area contributed by atoms with Crippen LogP contribution in [0.1, 0.15) is 77.9 Å². The Morgan fingerprint density at radius 1 is 0.977 bits per heavy atom. The summed E-state index contributed by atoms with van der Waals surface area (Å²) in [5.41, 5.74) is 7.99. The van der Waals surface area contributed by atoms with E-state index in [9.17, 15) is 4.79 Å². The van der Waals surface area contributed by atoms with E-state index in [0.29, 0.717) is 25.6 Å². The topological polar surface area (TPSA) is 73.1 Å². The second-order valence-corrected chi connectivity index (χ2v) is 11.9. The highest BCUT2D eigenvalue weighted by molar-refractivity contribution is 5.98.